The summed E-state index contributed by atoms with van der Waals surface area (Å²) in [5.74, 6) is -0.766. The first-order valence-electron chi connectivity index (χ1n) is 12.7. The van der Waals surface area contributed by atoms with E-state index < -0.39 is 5.97 Å². The van der Waals surface area contributed by atoms with Gasteiger partial charge in [0.15, 0.2) is 0 Å². The molecule has 10 heteroatoms. The maximum atomic E-state index is 13.0. The van der Waals surface area contributed by atoms with E-state index in [0.717, 1.165) is 47.2 Å². The van der Waals surface area contributed by atoms with Crippen LogP contribution in [0.2, 0.25) is 5.02 Å². The van der Waals surface area contributed by atoms with Gasteiger partial charge in [-0.25, -0.2) is 9.97 Å². The van der Waals surface area contributed by atoms with Crippen molar-refractivity contribution >= 4 is 62.3 Å². The number of thiophene rings is 1. The zero-order valence-corrected chi connectivity index (χ0v) is 22.8. The van der Waals surface area contributed by atoms with Gasteiger partial charge in [0.1, 0.15) is 6.33 Å². The second-order valence-electron chi connectivity index (χ2n) is 9.81. The summed E-state index contributed by atoms with van der Waals surface area (Å²) in [5.41, 5.74) is 5.14. The highest BCUT2D eigenvalue weighted by Gasteiger charge is 2.26. The second kappa shape index (κ2) is 11.5. The zero-order chi connectivity index (χ0) is 27.5. The Morgan fingerprint density at radius 2 is 1.77 bits per heavy atom. The molecule has 2 aromatic heterocycles. The van der Waals surface area contributed by atoms with Crippen LogP contribution in [0.25, 0.3) is 21.5 Å². The second-order valence-corrected chi connectivity index (χ2v) is 11.1. The fourth-order valence-corrected chi connectivity index (χ4v) is 6.49. The van der Waals surface area contributed by atoms with E-state index in [-0.39, 0.29) is 29.7 Å². The summed E-state index contributed by atoms with van der Waals surface area (Å²) in [6.45, 7) is 1.38. The fourth-order valence-electron chi connectivity index (χ4n) is 5.20. The summed E-state index contributed by atoms with van der Waals surface area (Å²) in [7, 11) is 0. The number of nitrogens with one attached hydrogen (secondary N) is 2. The number of carboxylic acids is 1. The maximum absolute atomic E-state index is 13.0. The Hall–Kier alpha value is -3.82. The van der Waals surface area contributed by atoms with Crippen molar-refractivity contribution in [1.82, 2.24) is 9.97 Å². The molecule has 3 N–H and O–H groups in total. The highest BCUT2D eigenvalue weighted by molar-refractivity contribution is 7.17. The topological polar surface area (TPSA) is 121 Å². The minimum Gasteiger partial charge on any atom is -0.481 e. The van der Waals surface area contributed by atoms with E-state index in [4.69, 9.17) is 16.7 Å². The van der Waals surface area contributed by atoms with Crippen LogP contribution in [0.3, 0.4) is 0 Å². The molecule has 2 amide bonds. The summed E-state index contributed by atoms with van der Waals surface area (Å²) >= 11 is 7.71. The Labute approximate surface area is 234 Å². The summed E-state index contributed by atoms with van der Waals surface area (Å²) in [5, 5.41) is 17.2. The lowest BCUT2D eigenvalue weighted by atomic mass is 9.78. The van der Waals surface area contributed by atoms with Gasteiger partial charge in [-0.2, -0.15) is 0 Å². The Kier molecular flexibility index (Phi) is 7.90. The number of aliphatic carboxylic acids is 1. The van der Waals surface area contributed by atoms with Crippen LogP contribution in [0.4, 0.5) is 11.4 Å². The molecule has 0 atom stereocenters. The lowest BCUT2D eigenvalue weighted by Crippen LogP contribution is -2.16. The normalized spacial score (nSPS) is 17.1. The van der Waals surface area contributed by atoms with Gasteiger partial charge >= 0.3 is 5.97 Å². The molecule has 0 bridgehead atoms. The largest absolute Gasteiger partial charge is 0.481 e. The molecule has 0 saturated heterocycles. The average molecular weight is 563 g/mol. The number of halogens is 1. The Morgan fingerprint density at radius 1 is 1.03 bits per heavy atom. The Morgan fingerprint density at radius 3 is 2.46 bits per heavy atom. The number of nitrogens with zero attached hydrogens (tertiary/aromatic N) is 2. The molecule has 0 spiro atoms. The van der Waals surface area contributed by atoms with Crippen molar-refractivity contribution in [2.24, 2.45) is 5.92 Å². The van der Waals surface area contributed by atoms with Crippen LogP contribution in [-0.2, 0) is 9.59 Å². The van der Waals surface area contributed by atoms with Crippen LogP contribution in [0.15, 0.2) is 54.2 Å². The SMILES string of the molecule is CC(=O)Nc1ccc(Cl)cc1C(=O)Nc1ccc(-c2ncnc3c(C4CCC(CC(=O)O)CC4)csc23)cc1. The molecule has 5 rings (SSSR count). The molecule has 1 aliphatic carbocycles. The predicted molar refractivity (Wildman–Crippen MR) is 154 cm³/mol. The molecule has 0 aliphatic heterocycles. The molecule has 4 aromatic rings. The highest BCUT2D eigenvalue weighted by Crippen LogP contribution is 2.42. The van der Waals surface area contributed by atoms with Crippen molar-refractivity contribution in [3.63, 3.8) is 0 Å². The first-order valence-corrected chi connectivity index (χ1v) is 14.0. The van der Waals surface area contributed by atoms with Gasteiger partial charge in [0.25, 0.3) is 5.91 Å². The number of hydrogen-bond donors (Lipinski definition) is 3. The molecule has 200 valence electrons. The molecule has 2 heterocycles. The van der Waals surface area contributed by atoms with Crippen molar-refractivity contribution < 1.29 is 19.5 Å². The Bertz CT molecular complexity index is 1540. The number of anilines is 2. The van der Waals surface area contributed by atoms with E-state index in [9.17, 15) is 14.4 Å². The van der Waals surface area contributed by atoms with E-state index in [1.807, 2.05) is 24.3 Å². The quantitative estimate of drug-likeness (QED) is 0.223. The van der Waals surface area contributed by atoms with Crippen LogP contribution >= 0.6 is 22.9 Å². The number of carbonyl (C=O) groups is 3. The molecule has 8 nitrogen and oxygen atoms in total. The van der Waals surface area contributed by atoms with Gasteiger partial charge < -0.3 is 15.7 Å². The number of aromatic nitrogens is 2. The minimum absolute atomic E-state index is 0.245. The summed E-state index contributed by atoms with van der Waals surface area (Å²) in [6.07, 6.45) is 5.60. The molecule has 1 fully saturated rings. The van der Waals surface area contributed by atoms with E-state index in [1.54, 1.807) is 29.8 Å². The van der Waals surface area contributed by atoms with Crippen molar-refractivity contribution in [1.29, 1.82) is 0 Å². The van der Waals surface area contributed by atoms with Gasteiger partial charge in [-0.3, -0.25) is 14.4 Å². The molecule has 0 radical (unpaired) electrons. The molecule has 2 aromatic carbocycles. The number of carbonyl (C=O) groups excluding carboxylic acids is 2. The monoisotopic (exact) mass is 562 g/mol. The lowest BCUT2D eigenvalue weighted by molar-refractivity contribution is -0.138. The number of carboxylic acid groups (broad SMARTS) is 1. The maximum Gasteiger partial charge on any atom is 0.303 e. The molecular weight excluding hydrogens is 536 g/mol. The molecule has 1 saturated carbocycles. The van der Waals surface area contributed by atoms with Gasteiger partial charge in [-0.05, 0) is 78.8 Å². The number of hydrogen-bond acceptors (Lipinski definition) is 6. The molecule has 39 heavy (non-hydrogen) atoms. The minimum atomic E-state index is -0.721. The van der Waals surface area contributed by atoms with Gasteiger partial charge in [-0.1, -0.05) is 23.7 Å². The van der Waals surface area contributed by atoms with Crippen LogP contribution < -0.4 is 10.6 Å². The number of benzene rings is 2. The number of fused-ring (bicyclic) bond motifs is 1. The van der Waals surface area contributed by atoms with Crippen LogP contribution in [0.5, 0.6) is 0 Å². The van der Waals surface area contributed by atoms with Crippen molar-refractivity contribution in [3.8, 4) is 11.3 Å². The third kappa shape index (κ3) is 6.10. The average Bonchev–Trinajstić information content (AvgIpc) is 3.34. The van der Waals surface area contributed by atoms with Crippen LogP contribution in [0, 0.1) is 5.92 Å². The van der Waals surface area contributed by atoms with E-state index in [2.05, 4.69) is 26.0 Å². The van der Waals surface area contributed by atoms with E-state index in [1.165, 1.54) is 18.6 Å². The van der Waals surface area contributed by atoms with Crippen molar-refractivity contribution in [2.75, 3.05) is 10.6 Å². The summed E-state index contributed by atoms with van der Waals surface area (Å²) in [4.78, 5) is 44.7. The van der Waals surface area contributed by atoms with Gasteiger partial charge in [0, 0.05) is 29.6 Å². The smallest absolute Gasteiger partial charge is 0.303 e. The summed E-state index contributed by atoms with van der Waals surface area (Å²) in [6, 6.07) is 12.1. The standard InChI is InChI=1S/C29H27ClN4O4S/c1-16(35)33-24-11-8-20(30)13-22(24)29(38)34-21-9-6-19(7-10-21)26-28-27(32-15-31-26)23(14-39-28)18-4-2-17(3-5-18)12-25(36)37/h6-11,13-15,17-18H,2-5,12H2,1H3,(H,33,35)(H,34,38)(H,36,37). The fraction of sp³-hybridized carbons (Fsp3) is 0.276. The first kappa shape index (κ1) is 26.8. The van der Waals surface area contributed by atoms with Crippen LogP contribution in [-0.4, -0.2) is 32.9 Å². The summed E-state index contributed by atoms with van der Waals surface area (Å²) < 4.78 is 1.01. The van der Waals surface area contributed by atoms with Crippen LogP contribution in [0.1, 0.15) is 60.9 Å². The molecule has 0 unspecified atom stereocenters. The Balaban J connectivity index is 1.33. The van der Waals surface area contributed by atoms with Crippen molar-refractivity contribution in [2.45, 2.75) is 44.9 Å². The van der Waals surface area contributed by atoms with E-state index in [0.29, 0.717) is 22.3 Å². The first-order chi connectivity index (χ1) is 18.8. The predicted octanol–water partition coefficient (Wildman–Crippen LogP) is 6.97. The number of amides is 2. The molecular formula is C29H27ClN4O4S. The molecule has 1 aliphatic rings. The van der Waals surface area contributed by atoms with E-state index >= 15 is 0 Å². The lowest BCUT2D eigenvalue weighted by Gasteiger charge is -2.27. The third-order valence-electron chi connectivity index (χ3n) is 7.08. The zero-order valence-electron chi connectivity index (χ0n) is 21.2. The van der Waals surface area contributed by atoms with Gasteiger partial charge in [0.05, 0.1) is 27.2 Å². The van der Waals surface area contributed by atoms with Gasteiger partial charge in [0.2, 0.25) is 5.91 Å². The van der Waals surface area contributed by atoms with Gasteiger partial charge in [-0.15, -0.1) is 11.3 Å². The highest BCUT2D eigenvalue weighted by atomic mass is 35.5. The number of rotatable bonds is 7. The third-order valence-corrected chi connectivity index (χ3v) is 8.31. The van der Waals surface area contributed by atoms with Crippen molar-refractivity contribution in [3.05, 3.63) is 70.3 Å².